The smallest absolute Gasteiger partial charge is 0.332 e. The average molecular weight is 144 g/mol. The third-order valence-electron chi connectivity index (χ3n) is 2.07. The molecule has 0 aliphatic heterocycles. The van der Waals surface area contributed by atoms with Crippen LogP contribution in [-0.4, -0.2) is 22.3 Å². The lowest BCUT2D eigenvalue weighted by Gasteiger charge is -2.25. The number of carboxylic acid groups (broad SMARTS) is 1. The van der Waals surface area contributed by atoms with Gasteiger partial charge in [-0.25, -0.2) is 4.79 Å². The summed E-state index contributed by atoms with van der Waals surface area (Å²) in [7, 11) is 0. The average Bonchev–Trinajstić information content (AvgIpc) is 1.77. The molecule has 0 bridgehead atoms. The predicted octanol–water partition coefficient (Wildman–Crippen LogP) is 0.622. The lowest BCUT2D eigenvalue weighted by atomic mass is 9.81. The molecule has 1 rings (SSSR count). The summed E-state index contributed by atoms with van der Waals surface area (Å²) in [6.07, 6.45) is 2.67. The van der Waals surface area contributed by atoms with Crippen molar-refractivity contribution in [2.24, 2.45) is 5.92 Å². The Morgan fingerprint density at radius 1 is 1.60 bits per heavy atom. The van der Waals surface area contributed by atoms with Gasteiger partial charge >= 0.3 is 5.97 Å². The lowest BCUT2D eigenvalue weighted by Crippen LogP contribution is -2.25. The van der Waals surface area contributed by atoms with Crippen LogP contribution in [-0.2, 0) is 4.79 Å². The second kappa shape index (κ2) is 3.01. The van der Waals surface area contributed by atoms with Crippen molar-refractivity contribution in [2.75, 3.05) is 0 Å². The summed E-state index contributed by atoms with van der Waals surface area (Å²) >= 11 is 0. The van der Waals surface area contributed by atoms with Gasteiger partial charge < -0.3 is 10.2 Å². The van der Waals surface area contributed by atoms with Crippen molar-refractivity contribution >= 4 is 5.97 Å². The Bertz CT molecular complexity index is 129. The summed E-state index contributed by atoms with van der Waals surface area (Å²) in [4.78, 5) is 10.1. The molecule has 1 unspecified atom stereocenters. The number of aliphatic carboxylic acids is 1. The molecule has 1 aliphatic rings. The number of rotatable bonds is 3. The fourth-order valence-electron chi connectivity index (χ4n) is 1.15. The van der Waals surface area contributed by atoms with Crippen LogP contribution in [0.3, 0.4) is 0 Å². The molecule has 3 nitrogen and oxygen atoms in total. The van der Waals surface area contributed by atoms with Gasteiger partial charge in [0.25, 0.3) is 0 Å². The van der Waals surface area contributed by atoms with E-state index in [0.29, 0.717) is 12.3 Å². The molecule has 0 amide bonds. The van der Waals surface area contributed by atoms with E-state index in [1.54, 1.807) is 0 Å². The lowest BCUT2D eigenvalue weighted by molar-refractivity contribution is -0.147. The zero-order chi connectivity index (χ0) is 7.56. The van der Waals surface area contributed by atoms with E-state index >= 15 is 0 Å². The van der Waals surface area contributed by atoms with E-state index in [1.807, 2.05) is 0 Å². The van der Waals surface area contributed by atoms with Gasteiger partial charge in [0.2, 0.25) is 0 Å². The Kier molecular flexibility index (Phi) is 2.27. The van der Waals surface area contributed by atoms with Gasteiger partial charge in [0.15, 0.2) is 6.10 Å². The molecule has 1 atom stereocenters. The third-order valence-corrected chi connectivity index (χ3v) is 2.07. The molecule has 58 valence electrons. The Balaban J connectivity index is 2.16. The first kappa shape index (κ1) is 7.54. The molecule has 0 saturated heterocycles. The SMILES string of the molecule is O=C(O)C(O)CC1CCC1. The van der Waals surface area contributed by atoms with Gasteiger partial charge in [-0.1, -0.05) is 19.3 Å². The van der Waals surface area contributed by atoms with Crippen molar-refractivity contribution in [1.29, 1.82) is 0 Å². The number of hydrogen-bond donors (Lipinski definition) is 2. The summed E-state index contributed by atoms with van der Waals surface area (Å²) in [5, 5.41) is 17.2. The van der Waals surface area contributed by atoms with Crippen LogP contribution in [0.2, 0.25) is 0 Å². The van der Waals surface area contributed by atoms with Crippen molar-refractivity contribution in [3.63, 3.8) is 0 Å². The fourth-order valence-corrected chi connectivity index (χ4v) is 1.15. The van der Waals surface area contributed by atoms with Crippen molar-refractivity contribution in [3.05, 3.63) is 0 Å². The van der Waals surface area contributed by atoms with Crippen LogP contribution in [0, 0.1) is 5.92 Å². The van der Waals surface area contributed by atoms with Crippen LogP contribution in [0.1, 0.15) is 25.7 Å². The number of aliphatic hydroxyl groups excluding tert-OH is 1. The predicted molar refractivity (Wildman–Crippen MR) is 35.6 cm³/mol. The summed E-state index contributed by atoms with van der Waals surface area (Å²) in [6.45, 7) is 0. The Labute approximate surface area is 59.7 Å². The first-order valence-electron chi connectivity index (χ1n) is 3.61. The van der Waals surface area contributed by atoms with E-state index in [4.69, 9.17) is 10.2 Å². The minimum absolute atomic E-state index is 0.440. The second-order valence-electron chi connectivity index (χ2n) is 2.89. The first-order chi connectivity index (χ1) is 4.70. The highest BCUT2D eigenvalue weighted by Crippen LogP contribution is 2.30. The zero-order valence-corrected chi connectivity index (χ0v) is 5.79. The second-order valence-corrected chi connectivity index (χ2v) is 2.89. The van der Waals surface area contributed by atoms with E-state index in [-0.39, 0.29) is 0 Å². The Morgan fingerprint density at radius 3 is 2.50 bits per heavy atom. The van der Waals surface area contributed by atoms with Crippen LogP contribution in [0.25, 0.3) is 0 Å². The molecule has 0 spiro atoms. The standard InChI is InChI=1S/C7H12O3/c8-6(7(9)10)4-5-2-1-3-5/h5-6,8H,1-4H2,(H,9,10). The molecule has 10 heavy (non-hydrogen) atoms. The van der Waals surface area contributed by atoms with E-state index in [2.05, 4.69) is 0 Å². The van der Waals surface area contributed by atoms with Crippen LogP contribution >= 0.6 is 0 Å². The van der Waals surface area contributed by atoms with Crippen LogP contribution in [0.5, 0.6) is 0 Å². The molecule has 0 aromatic carbocycles. The van der Waals surface area contributed by atoms with Crippen molar-refractivity contribution in [3.8, 4) is 0 Å². The highest BCUT2D eigenvalue weighted by molar-refractivity contribution is 5.71. The van der Waals surface area contributed by atoms with E-state index in [0.717, 1.165) is 12.8 Å². The molecular weight excluding hydrogens is 132 g/mol. The Morgan fingerprint density at radius 2 is 2.20 bits per heavy atom. The summed E-state index contributed by atoms with van der Waals surface area (Å²) in [6, 6.07) is 0. The van der Waals surface area contributed by atoms with Gasteiger partial charge in [0.1, 0.15) is 0 Å². The van der Waals surface area contributed by atoms with Crippen molar-refractivity contribution < 1.29 is 15.0 Å². The van der Waals surface area contributed by atoms with Crippen LogP contribution in [0.15, 0.2) is 0 Å². The molecule has 0 aromatic rings. The fraction of sp³-hybridized carbons (Fsp3) is 0.857. The van der Waals surface area contributed by atoms with Crippen LogP contribution in [0.4, 0.5) is 0 Å². The summed E-state index contributed by atoms with van der Waals surface area (Å²) < 4.78 is 0. The van der Waals surface area contributed by atoms with Gasteiger partial charge in [0, 0.05) is 0 Å². The van der Waals surface area contributed by atoms with E-state index < -0.39 is 12.1 Å². The van der Waals surface area contributed by atoms with Crippen molar-refractivity contribution in [2.45, 2.75) is 31.8 Å². The number of hydrogen-bond acceptors (Lipinski definition) is 2. The highest BCUT2D eigenvalue weighted by atomic mass is 16.4. The van der Waals surface area contributed by atoms with Gasteiger partial charge in [-0.2, -0.15) is 0 Å². The van der Waals surface area contributed by atoms with Crippen molar-refractivity contribution in [1.82, 2.24) is 0 Å². The minimum Gasteiger partial charge on any atom is -0.479 e. The van der Waals surface area contributed by atoms with Gasteiger partial charge in [-0.15, -0.1) is 0 Å². The van der Waals surface area contributed by atoms with Gasteiger partial charge in [-0.3, -0.25) is 0 Å². The number of carboxylic acids is 1. The maximum absolute atomic E-state index is 10.1. The summed E-state index contributed by atoms with van der Waals surface area (Å²) in [5.41, 5.74) is 0. The molecule has 2 N–H and O–H groups in total. The maximum Gasteiger partial charge on any atom is 0.332 e. The Hall–Kier alpha value is -0.570. The minimum atomic E-state index is -1.13. The summed E-state index contributed by atoms with van der Waals surface area (Å²) in [5.74, 6) is -0.627. The molecule has 0 radical (unpaired) electrons. The largest absolute Gasteiger partial charge is 0.479 e. The highest BCUT2D eigenvalue weighted by Gasteiger charge is 2.24. The third kappa shape index (κ3) is 1.70. The molecular formula is C7H12O3. The topological polar surface area (TPSA) is 57.5 Å². The van der Waals surface area contributed by atoms with Gasteiger partial charge in [0.05, 0.1) is 0 Å². The molecule has 0 heterocycles. The molecule has 1 saturated carbocycles. The number of aliphatic hydroxyl groups is 1. The monoisotopic (exact) mass is 144 g/mol. The van der Waals surface area contributed by atoms with Crippen LogP contribution < -0.4 is 0 Å². The number of carbonyl (C=O) groups is 1. The van der Waals surface area contributed by atoms with E-state index in [9.17, 15) is 4.79 Å². The zero-order valence-electron chi connectivity index (χ0n) is 5.79. The molecule has 1 aliphatic carbocycles. The maximum atomic E-state index is 10.1. The quantitative estimate of drug-likeness (QED) is 0.610. The molecule has 3 heteroatoms. The molecule has 0 aromatic heterocycles. The van der Waals surface area contributed by atoms with E-state index in [1.165, 1.54) is 6.42 Å². The first-order valence-corrected chi connectivity index (χ1v) is 3.61. The normalized spacial score (nSPS) is 21.7. The molecule has 1 fully saturated rings. The van der Waals surface area contributed by atoms with Gasteiger partial charge in [-0.05, 0) is 12.3 Å².